The molecule has 0 aromatic heterocycles. The van der Waals surface area contributed by atoms with Gasteiger partial charge in [-0.2, -0.15) is 0 Å². The number of phosphoric acid groups is 1. The van der Waals surface area contributed by atoms with Crippen molar-refractivity contribution in [3.8, 4) is 0 Å². The Hall–Kier alpha value is -3.41. The monoisotopic (exact) mass is 861 g/mol. The lowest BCUT2D eigenvalue weighted by Crippen LogP contribution is -2.37. The summed E-state index contributed by atoms with van der Waals surface area (Å²) in [6, 6.07) is 0. The SMILES string of the molecule is CC/C=C\C[C@H](O)/C=C/C=C\C/C=C\C=C\[C@H](O)/C=C\CCCC(=O)O[C@H](COC(=O)CCCC/C=C\C/C=C\C/C=C\CCCCC)COP(=O)(O)OCC[N+](C)(C)C. The lowest BCUT2D eigenvalue weighted by atomic mass is 10.1. The van der Waals surface area contributed by atoms with Gasteiger partial charge in [0.25, 0.3) is 0 Å². The Morgan fingerprint density at radius 1 is 0.633 bits per heavy atom. The fourth-order valence-corrected chi connectivity index (χ4v) is 5.73. The number of aliphatic hydroxyl groups is 2. The maximum absolute atomic E-state index is 12.7. The molecule has 0 spiro atoms. The zero-order valence-corrected chi connectivity index (χ0v) is 38.3. The van der Waals surface area contributed by atoms with E-state index in [0.717, 1.165) is 38.5 Å². The van der Waals surface area contributed by atoms with Crippen LogP contribution in [-0.2, 0) is 32.7 Å². The summed E-state index contributed by atoms with van der Waals surface area (Å²) in [5, 5.41) is 20.0. The molecule has 0 aliphatic rings. The van der Waals surface area contributed by atoms with Crippen LogP contribution in [0.5, 0.6) is 0 Å². The minimum absolute atomic E-state index is 0.0191. The van der Waals surface area contributed by atoms with E-state index in [0.29, 0.717) is 43.1 Å². The van der Waals surface area contributed by atoms with Crippen molar-refractivity contribution in [2.45, 2.75) is 135 Å². The molecule has 11 nitrogen and oxygen atoms in total. The third kappa shape index (κ3) is 41.3. The second-order valence-corrected chi connectivity index (χ2v) is 16.8. The van der Waals surface area contributed by atoms with E-state index in [1.807, 2.05) is 63.7 Å². The van der Waals surface area contributed by atoms with Gasteiger partial charge in [-0.15, -0.1) is 0 Å². The first kappa shape index (κ1) is 56.6. The molecule has 0 amide bonds. The highest BCUT2D eigenvalue weighted by atomic mass is 31.2. The topological polar surface area (TPSA) is 149 Å². The molecule has 0 saturated heterocycles. The summed E-state index contributed by atoms with van der Waals surface area (Å²) < 4.78 is 34.0. The van der Waals surface area contributed by atoms with Crippen LogP contribution in [0.1, 0.15) is 117 Å². The highest BCUT2D eigenvalue weighted by molar-refractivity contribution is 7.47. The molecule has 3 N–H and O–H groups in total. The van der Waals surface area contributed by atoms with Crippen molar-refractivity contribution in [2.24, 2.45) is 0 Å². The minimum atomic E-state index is -4.45. The Kier molecular flexibility index (Phi) is 36.3. The minimum Gasteiger partial charge on any atom is -0.462 e. The molecule has 0 fully saturated rings. The van der Waals surface area contributed by atoms with Crippen molar-refractivity contribution < 1.29 is 52.3 Å². The number of hydrogen-bond donors (Lipinski definition) is 3. The molecule has 0 radical (unpaired) electrons. The van der Waals surface area contributed by atoms with E-state index in [-0.39, 0.29) is 26.1 Å². The number of allylic oxidation sites excluding steroid dienone is 14. The maximum atomic E-state index is 12.7. The van der Waals surface area contributed by atoms with Crippen LogP contribution in [0.3, 0.4) is 0 Å². The average Bonchev–Trinajstić information content (AvgIpc) is 3.19. The summed E-state index contributed by atoms with van der Waals surface area (Å²) in [6.07, 6.45) is 45.1. The van der Waals surface area contributed by atoms with Gasteiger partial charge in [-0.3, -0.25) is 18.6 Å². The van der Waals surface area contributed by atoms with Crippen molar-refractivity contribution in [3.05, 3.63) is 109 Å². The number of phosphoric ester groups is 1. The van der Waals surface area contributed by atoms with Crippen molar-refractivity contribution in [1.82, 2.24) is 0 Å². The molecule has 340 valence electrons. The number of unbranched alkanes of at least 4 members (excludes halogenated alkanes) is 6. The van der Waals surface area contributed by atoms with Crippen LogP contribution < -0.4 is 0 Å². The van der Waals surface area contributed by atoms with Gasteiger partial charge in [0, 0.05) is 12.8 Å². The average molecular weight is 861 g/mol. The highest BCUT2D eigenvalue weighted by Gasteiger charge is 2.27. The number of nitrogens with zero attached hydrogens (tertiary/aromatic N) is 1. The number of hydrogen-bond acceptors (Lipinski definition) is 9. The Balaban J connectivity index is 4.72. The summed E-state index contributed by atoms with van der Waals surface area (Å²) in [7, 11) is 1.30. The molecule has 12 heteroatoms. The summed E-state index contributed by atoms with van der Waals surface area (Å²) in [5.41, 5.74) is 0. The summed E-state index contributed by atoms with van der Waals surface area (Å²) >= 11 is 0. The molecule has 1 unspecified atom stereocenters. The van der Waals surface area contributed by atoms with Crippen LogP contribution in [-0.4, -0.2) is 97.3 Å². The third-order valence-corrected chi connectivity index (χ3v) is 9.45. The third-order valence-electron chi connectivity index (χ3n) is 8.46. The molecular weight excluding hydrogens is 781 g/mol. The predicted molar refractivity (Wildman–Crippen MR) is 245 cm³/mol. The smallest absolute Gasteiger partial charge is 0.462 e. The quantitative estimate of drug-likeness (QED) is 0.0138. The predicted octanol–water partition coefficient (Wildman–Crippen LogP) is 10.3. The normalized spacial score (nSPS) is 15.7. The van der Waals surface area contributed by atoms with Gasteiger partial charge >= 0.3 is 19.8 Å². The Morgan fingerprint density at radius 2 is 1.23 bits per heavy atom. The van der Waals surface area contributed by atoms with Crippen LogP contribution >= 0.6 is 7.82 Å². The van der Waals surface area contributed by atoms with Crippen LogP contribution in [0.25, 0.3) is 0 Å². The molecule has 4 atom stereocenters. The number of quaternary nitrogens is 1. The van der Waals surface area contributed by atoms with E-state index in [9.17, 15) is 29.3 Å². The first-order chi connectivity index (χ1) is 28.8. The van der Waals surface area contributed by atoms with Crippen LogP contribution in [0.2, 0.25) is 0 Å². The van der Waals surface area contributed by atoms with Crippen LogP contribution in [0.15, 0.2) is 109 Å². The number of esters is 2. The molecular formula is C48H79NO10P+. The van der Waals surface area contributed by atoms with Gasteiger partial charge in [0.2, 0.25) is 0 Å². The second kappa shape index (κ2) is 38.5. The van der Waals surface area contributed by atoms with Gasteiger partial charge in [-0.25, -0.2) is 4.57 Å². The first-order valence-electron chi connectivity index (χ1n) is 21.8. The lowest BCUT2D eigenvalue weighted by molar-refractivity contribution is -0.870. The molecule has 0 heterocycles. The van der Waals surface area contributed by atoms with E-state index in [1.54, 1.807) is 30.4 Å². The summed E-state index contributed by atoms with van der Waals surface area (Å²) in [6.45, 7) is 3.89. The number of likely N-dealkylation sites (N-methyl/N-ethyl adjacent to an activating group) is 1. The van der Waals surface area contributed by atoms with Gasteiger partial charge in [0.15, 0.2) is 6.10 Å². The highest BCUT2D eigenvalue weighted by Crippen LogP contribution is 2.43. The number of rotatable bonds is 37. The van der Waals surface area contributed by atoms with E-state index < -0.39 is 44.7 Å². The first-order valence-corrected chi connectivity index (χ1v) is 23.3. The van der Waals surface area contributed by atoms with Gasteiger partial charge in [-0.1, -0.05) is 136 Å². The fraction of sp³-hybridized carbons (Fsp3) is 0.583. The Morgan fingerprint density at radius 3 is 1.88 bits per heavy atom. The van der Waals surface area contributed by atoms with Gasteiger partial charge < -0.3 is 29.1 Å². The van der Waals surface area contributed by atoms with Crippen LogP contribution in [0.4, 0.5) is 0 Å². The molecule has 0 aromatic rings. The van der Waals surface area contributed by atoms with E-state index in [4.69, 9.17) is 18.5 Å². The molecule has 0 saturated carbocycles. The Bertz CT molecular complexity index is 1420. The lowest BCUT2D eigenvalue weighted by Gasteiger charge is -2.24. The summed E-state index contributed by atoms with van der Waals surface area (Å²) in [4.78, 5) is 35.3. The van der Waals surface area contributed by atoms with Crippen LogP contribution in [0, 0.1) is 0 Å². The number of carbonyl (C=O) groups is 2. The standard InChI is InChI=1S/C48H78NO10P/c1-6-8-10-11-12-13-14-15-16-17-18-19-23-26-32-38-47(52)56-42-46(43-58-60(54,55)57-41-40-49(3,4)5)59-48(53)39-33-27-31-37-45(51)36-30-25-22-20-21-24-29-35-44(50)34-28-9-7-2/h9,12-13,15-16,18-19,21-22,24-25,28-31,35-37,44-46,50-51H,6-8,10-11,14,17,20,23,26-27,32-34,38-43H2,1-5H3/p+1/b13-12-,16-15-,19-18-,24-21-,25-22-,28-9-,35-29+,36-30+,37-31-/t44-,45-,46+/m0/s1. The molecule has 0 bridgehead atoms. The van der Waals surface area contributed by atoms with E-state index in [2.05, 4.69) is 50.3 Å². The molecule has 60 heavy (non-hydrogen) atoms. The van der Waals surface area contributed by atoms with Gasteiger partial charge in [-0.05, 0) is 77.0 Å². The van der Waals surface area contributed by atoms with Gasteiger partial charge in [0.1, 0.15) is 19.8 Å². The van der Waals surface area contributed by atoms with E-state index >= 15 is 0 Å². The molecule has 0 rings (SSSR count). The maximum Gasteiger partial charge on any atom is 0.472 e. The summed E-state index contributed by atoms with van der Waals surface area (Å²) in [5.74, 6) is -1.04. The molecule has 0 aliphatic heterocycles. The van der Waals surface area contributed by atoms with E-state index in [1.165, 1.54) is 19.3 Å². The second-order valence-electron chi connectivity index (χ2n) is 15.4. The van der Waals surface area contributed by atoms with Crippen molar-refractivity contribution >= 4 is 19.8 Å². The zero-order chi connectivity index (χ0) is 44.6. The number of aliphatic hydroxyl groups excluding tert-OH is 2. The zero-order valence-electron chi connectivity index (χ0n) is 37.4. The molecule has 0 aliphatic carbocycles. The van der Waals surface area contributed by atoms with Crippen molar-refractivity contribution in [3.63, 3.8) is 0 Å². The molecule has 0 aromatic carbocycles. The largest absolute Gasteiger partial charge is 0.472 e. The van der Waals surface area contributed by atoms with Crippen molar-refractivity contribution in [1.29, 1.82) is 0 Å². The Labute approximate surface area is 362 Å². The van der Waals surface area contributed by atoms with Gasteiger partial charge in [0.05, 0.1) is 40.0 Å². The number of carbonyl (C=O) groups excluding carboxylic acids is 2. The van der Waals surface area contributed by atoms with Crippen molar-refractivity contribution in [2.75, 3.05) is 47.5 Å². The number of ether oxygens (including phenoxy) is 2. The fourth-order valence-electron chi connectivity index (χ4n) is 4.99.